The molecule has 0 spiro atoms. The third-order valence-corrected chi connectivity index (χ3v) is 6.52. The number of rotatable bonds is 15. The van der Waals surface area contributed by atoms with Crippen molar-refractivity contribution in [1.82, 2.24) is 4.90 Å². The molecule has 138 valence electrons. The Bertz CT molecular complexity index is 301. The number of likely N-dealkylation sites (N-methyl/N-ethyl adjacent to an activating group) is 1. The van der Waals surface area contributed by atoms with Crippen LogP contribution in [0.3, 0.4) is 0 Å². The summed E-state index contributed by atoms with van der Waals surface area (Å²) < 4.78 is 22.6. The summed E-state index contributed by atoms with van der Waals surface area (Å²) in [5.41, 5.74) is 0. The first-order valence-electron chi connectivity index (χ1n) is 8.38. The molecular weight excluding hydrogens is 318 g/mol. The van der Waals surface area contributed by atoms with Crippen LogP contribution in [-0.4, -0.2) is 71.0 Å². The first kappa shape index (κ1) is 22.5. The van der Waals surface area contributed by atoms with Gasteiger partial charge in [0.05, 0.1) is 6.73 Å². The van der Waals surface area contributed by atoms with Crippen LogP contribution in [0.2, 0.25) is 6.04 Å². The van der Waals surface area contributed by atoms with Crippen LogP contribution in [0.15, 0.2) is 0 Å². The van der Waals surface area contributed by atoms with Crippen LogP contribution in [0.1, 0.15) is 40.5 Å². The molecular formula is C15H33NO6Si. The van der Waals surface area contributed by atoms with E-state index >= 15 is 0 Å². The molecule has 0 aromatic carbocycles. The fourth-order valence-corrected chi connectivity index (χ4v) is 5.01. The van der Waals surface area contributed by atoms with Crippen LogP contribution >= 0.6 is 0 Å². The van der Waals surface area contributed by atoms with Gasteiger partial charge >= 0.3 is 14.8 Å². The van der Waals surface area contributed by atoms with Crippen LogP contribution in [-0.2, 0) is 22.8 Å². The maximum absolute atomic E-state index is 11.5. The topological polar surface area (TPSA) is 77.5 Å². The molecule has 0 aliphatic rings. The fourth-order valence-electron chi connectivity index (χ4n) is 2.37. The third kappa shape index (κ3) is 8.78. The van der Waals surface area contributed by atoms with Crippen molar-refractivity contribution in [2.45, 2.75) is 52.6 Å². The lowest BCUT2D eigenvalue weighted by atomic mass is 10.1. The molecule has 23 heavy (non-hydrogen) atoms. The van der Waals surface area contributed by atoms with Crippen molar-refractivity contribution in [2.75, 3.05) is 40.2 Å². The molecule has 1 unspecified atom stereocenters. The van der Waals surface area contributed by atoms with Gasteiger partial charge in [0.1, 0.15) is 6.04 Å². The van der Waals surface area contributed by atoms with Crippen LogP contribution < -0.4 is 0 Å². The summed E-state index contributed by atoms with van der Waals surface area (Å²) >= 11 is 0. The van der Waals surface area contributed by atoms with Crippen LogP contribution in [0.5, 0.6) is 0 Å². The molecule has 7 nitrogen and oxygen atoms in total. The van der Waals surface area contributed by atoms with Gasteiger partial charge in [0.2, 0.25) is 0 Å². The number of aliphatic carboxylic acids is 1. The normalized spacial score (nSPS) is 13.5. The van der Waals surface area contributed by atoms with Gasteiger partial charge in [0.25, 0.3) is 0 Å². The van der Waals surface area contributed by atoms with E-state index in [1.165, 1.54) is 0 Å². The van der Waals surface area contributed by atoms with E-state index in [0.29, 0.717) is 52.0 Å². The molecule has 1 atom stereocenters. The van der Waals surface area contributed by atoms with Gasteiger partial charge in [-0.15, -0.1) is 0 Å². The molecule has 0 radical (unpaired) electrons. The molecule has 8 heteroatoms. The Kier molecular flexibility index (Phi) is 12.6. The van der Waals surface area contributed by atoms with Gasteiger partial charge < -0.3 is 23.1 Å². The summed E-state index contributed by atoms with van der Waals surface area (Å²) in [7, 11) is -0.943. The summed E-state index contributed by atoms with van der Waals surface area (Å²) in [5.74, 6) is -0.844. The summed E-state index contributed by atoms with van der Waals surface area (Å²) in [4.78, 5) is 13.2. The molecule has 1 N–H and O–H groups in total. The molecule has 0 aromatic heterocycles. The summed E-state index contributed by atoms with van der Waals surface area (Å²) in [6.07, 6.45) is 1.17. The number of hydrogen-bond acceptors (Lipinski definition) is 6. The molecule has 0 rings (SSSR count). The minimum absolute atomic E-state index is 0.304. The van der Waals surface area contributed by atoms with Gasteiger partial charge in [-0.25, -0.2) is 0 Å². The zero-order valence-electron chi connectivity index (χ0n) is 15.2. The standard InChI is InChI=1S/C15H33NO6Si/c1-6-19-13-16(5)14(15(17)18)11-10-12-23(20-7-2,21-8-3)22-9-4/h14H,6-13H2,1-5H3,(H,17,18). The van der Waals surface area contributed by atoms with E-state index in [2.05, 4.69) is 0 Å². The molecule has 0 aliphatic heterocycles. The van der Waals surface area contributed by atoms with Crippen molar-refractivity contribution in [1.29, 1.82) is 0 Å². The Balaban J connectivity index is 4.64. The van der Waals surface area contributed by atoms with Crippen LogP contribution in [0.25, 0.3) is 0 Å². The van der Waals surface area contributed by atoms with Crippen molar-refractivity contribution < 1.29 is 27.9 Å². The van der Waals surface area contributed by atoms with E-state index in [1.807, 2.05) is 27.7 Å². The molecule has 0 fully saturated rings. The van der Waals surface area contributed by atoms with E-state index in [9.17, 15) is 9.90 Å². The number of nitrogens with zero attached hydrogens (tertiary/aromatic N) is 1. The Morgan fingerprint density at radius 3 is 1.96 bits per heavy atom. The van der Waals surface area contributed by atoms with E-state index in [4.69, 9.17) is 18.0 Å². The summed E-state index contributed by atoms with van der Waals surface area (Å²) in [5, 5.41) is 9.40. The minimum Gasteiger partial charge on any atom is -0.480 e. The van der Waals surface area contributed by atoms with Gasteiger partial charge in [-0.05, 0) is 47.6 Å². The number of hydrogen-bond donors (Lipinski definition) is 1. The molecule has 0 bridgehead atoms. The van der Waals surface area contributed by atoms with E-state index in [0.717, 1.165) is 0 Å². The molecule has 0 saturated heterocycles. The lowest BCUT2D eigenvalue weighted by Gasteiger charge is -2.29. The largest absolute Gasteiger partial charge is 0.500 e. The Labute approximate surface area is 141 Å². The molecule has 0 heterocycles. The molecule has 0 aliphatic carbocycles. The summed E-state index contributed by atoms with van der Waals surface area (Å²) in [6, 6.07) is 0.0348. The lowest BCUT2D eigenvalue weighted by molar-refractivity contribution is -0.145. The second-order valence-electron chi connectivity index (χ2n) is 5.11. The highest BCUT2D eigenvalue weighted by molar-refractivity contribution is 6.60. The van der Waals surface area contributed by atoms with Gasteiger partial charge in [-0.2, -0.15) is 0 Å². The number of carbonyl (C=O) groups is 1. The number of carboxylic acids is 1. The van der Waals surface area contributed by atoms with Crippen LogP contribution in [0, 0.1) is 0 Å². The quantitative estimate of drug-likeness (QED) is 0.358. The second-order valence-corrected chi connectivity index (χ2v) is 7.84. The van der Waals surface area contributed by atoms with E-state index in [-0.39, 0.29) is 0 Å². The predicted octanol–water partition coefficient (Wildman–Crippen LogP) is 2.19. The van der Waals surface area contributed by atoms with Gasteiger partial charge in [0.15, 0.2) is 0 Å². The van der Waals surface area contributed by atoms with Crippen molar-refractivity contribution in [3.63, 3.8) is 0 Å². The minimum atomic E-state index is -2.70. The zero-order chi connectivity index (χ0) is 17.7. The maximum atomic E-state index is 11.5. The smallest absolute Gasteiger partial charge is 0.480 e. The highest BCUT2D eigenvalue weighted by Crippen LogP contribution is 2.21. The predicted molar refractivity (Wildman–Crippen MR) is 90.4 cm³/mol. The van der Waals surface area contributed by atoms with E-state index < -0.39 is 20.8 Å². The first-order valence-corrected chi connectivity index (χ1v) is 10.3. The molecule has 0 saturated carbocycles. The second kappa shape index (κ2) is 12.9. The monoisotopic (exact) mass is 351 g/mol. The van der Waals surface area contributed by atoms with Crippen molar-refractivity contribution >= 4 is 14.8 Å². The zero-order valence-corrected chi connectivity index (χ0v) is 16.2. The molecule has 0 amide bonds. The lowest BCUT2D eigenvalue weighted by Crippen LogP contribution is -2.46. The average molecular weight is 352 g/mol. The van der Waals surface area contributed by atoms with Crippen molar-refractivity contribution in [2.24, 2.45) is 0 Å². The Morgan fingerprint density at radius 1 is 1.04 bits per heavy atom. The van der Waals surface area contributed by atoms with Crippen molar-refractivity contribution in [3.05, 3.63) is 0 Å². The third-order valence-electron chi connectivity index (χ3n) is 3.37. The summed E-state index contributed by atoms with van der Waals surface area (Å²) in [6.45, 7) is 10.1. The number of ether oxygens (including phenoxy) is 1. The molecule has 0 aromatic rings. The van der Waals surface area contributed by atoms with Crippen LogP contribution in [0.4, 0.5) is 0 Å². The highest BCUT2D eigenvalue weighted by atomic mass is 28.4. The Morgan fingerprint density at radius 2 is 1.57 bits per heavy atom. The fraction of sp³-hybridized carbons (Fsp3) is 0.933. The van der Waals surface area contributed by atoms with Gasteiger partial charge in [-0.3, -0.25) is 9.69 Å². The van der Waals surface area contributed by atoms with E-state index in [1.54, 1.807) is 11.9 Å². The highest BCUT2D eigenvalue weighted by Gasteiger charge is 2.40. The first-order chi connectivity index (χ1) is 11.0. The SMILES string of the molecule is CCOCN(C)C(CCC[Si](OCC)(OCC)OCC)C(=O)O. The van der Waals surface area contributed by atoms with Crippen molar-refractivity contribution in [3.8, 4) is 0 Å². The van der Waals surface area contributed by atoms with Gasteiger partial charge in [-0.1, -0.05) is 0 Å². The maximum Gasteiger partial charge on any atom is 0.500 e. The Hall–Kier alpha value is -0.513. The number of carboxylic acid groups (broad SMARTS) is 1. The van der Waals surface area contributed by atoms with Gasteiger partial charge in [0, 0.05) is 32.5 Å². The average Bonchev–Trinajstić information content (AvgIpc) is 2.49.